The molecular weight excluding hydrogens is 354 g/mol. The maximum atomic E-state index is 12.2. The molecule has 3 N–H and O–H groups in total. The summed E-state index contributed by atoms with van der Waals surface area (Å²) in [6.45, 7) is 4.56. The zero-order valence-corrected chi connectivity index (χ0v) is 15.6. The van der Waals surface area contributed by atoms with Gasteiger partial charge in [0.05, 0.1) is 5.25 Å². The van der Waals surface area contributed by atoms with Gasteiger partial charge in [0.25, 0.3) is 0 Å². The standard InChI is InChI=1S/C17H23N5O3S/c1-3-4-10-22-16(25)20-21-17(22)26-12(2)14(23)19-15(24)18-11-13-8-6-5-7-9-13/h5-9,12H,3-4,10-11H2,1-2H3,(H,20,25)(H2,18,19,23,24)/t12-/m1/s1. The summed E-state index contributed by atoms with van der Waals surface area (Å²) in [5, 5.41) is 11.2. The molecule has 0 saturated heterocycles. The summed E-state index contributed by atoms with van der Waals surface area (Å²) in [6.07, 6.45) is 1.79. The van der Waals surface area contributed by atoms with Crippen LogP contribution in [-0.2, 0) is 17.9 Å². The highest BCUT2D eigenvalue weighted by molar-refractivity contribution is 8.00. The molecule has 8 nitrogen and oxygen atoms in total. The van der Waals surface area contributed by atoms with Crippen molar-refractivity contribution in [1.82, 2.24) is 25.4 Å². The van der Waals surface area contributed by atoms with Crippen LogP contribution in [0.15, 0.2) is 40.3 Å². The predicted octanol–water partition coefficient (Wildman–Crippen LogP) is 1.88. The van der Waals surface area contributed by atoms with Crippen LogP contribution in [0.3, 0.4) is 0 Å². The van der Waals surface area contributed by atoms with Crippen molar-refractivity contribution in [2.75, 3.05) is 0 Å². The molecule has 26 heavy (non-hydrogen) atoms. The van der Waals surface area contributed by atoms with E-state index in [0.29, 0.717) is 18.2 Å². The molecule has 0 fully saturated rings. The first-order valence-electron chi connectivity index (χ1n) is 8.45. The lowest BCUT2D eigenvalue weighted by Crippen LogP contribution is -2.42. The van der Waals surface area contributed by atoms with Crippen LogP contribution in [0.2, 0.25) is 0 Å². The number of urea groups is 1. The van der Waals surface area contributed by atoms with Crippen LogP contribution in [0.1, 0.15) is 32.3 Å². The average molecular weight is 377 g/mol. The van der Waals surface area contributed by atoms with Crippen LogP contribution >= 0.6 is 11.8 Å². The van der Waals surface area contributed by atoms with Crippen molar-refractivity contribution >= 4 is 23.7 Å². The van der Waals surface area contributed by atoms with E-state index in [1.165, 1.54) is 4.57 Å². The molecule has 0 spiro atoms. The van der Waals surface area contributed by atoms with Gasteiger partial charge in [-0.05, 0) is 18.9 Å². The van der Waals surface area contributed by atoms with E-state index in [2.05, 4.69) is 20.8 Å². The van der Waals surface area contributed by atoms with E-state index in [1.807, 2.05) is 37.3 Å². The minimum atomic E-state index is -0.576. The number of amides is 3. The van der Waals surface area contributed by atoms with Gasteiger partial charge in [-0.2, -0.15) is 0 Å². The van der Waals surface area contributed by atoms with Crippen LogP contribution in [0, 0.1) is 0 Å². The SMILES string of the molecule is CCCCn1c(S[C@H](C)C(=O)NC(=O)NCc2ccccc2)n[nH]c1=O. The normalized spacial score (nSPS) is 11.8. The summed E-state index contributed by atoms with van der Waals surface area (Å²) in [6, 6.07) is 8.85. The number of thioether (sulfide) groups is 1. The molecule has 140 valence electrons. The molecule has 0 bridgehead atoms. The van der Waals surface area contributed by atoms with Crippen molar-refractivity contribution < 1.29 is 9.59 Å². The summed E-state index contributed by atoms with van der Waals surface area (Å²) in [7, 11) is 0. The van der Waals surface area contributed by atoms with E-state index in [0.717, 1.165) is 30.2 Å². The number of carbonyl (C=O) groups is 2. The molecule has 1 aromatic carbocycles. The number of hydrogen-bond acceptors (Lipinski definition) is 5. The predicted molar refractivity (Wildman–Crippen MR) is 99.9 cm³/mol. The summed E-state index contributed by atoms with van der Waals surface area (Å²) in [4.78, 5) is 35.8. The lowest BCUT2D eigenvalue weighted by molar-refractivity contribution is -0.119. The Bertz CT molecular complexity index is 787. The molecule has 1 aromatic heterocycles. The van der Waals surface area contributed by atoms with E-state index in [-0.39, 0.29) is 5.69 Å². The fourth-order valence-corrected chi connectivity index (χ4v) is 3.04. The van der Waals surface area contributed by atoms with E-state index < -0.39 is 17.2 Å². The van der Waals surface area contributed by atoms with Crippen LogP contribution < -0.4 is 16.3 Å². The van der Waals surface area contributed by atoms with Crippen LogP contribution in [0.25, 0.3) is 0 Å². The third kappa shape index (κ3) is 5.76. The number of unbranched alkanes of at least 4 members (excludes halogenated alkanes) is 1. The van der Waals surface area contributed by atoms with Gasteiger partial charge in [0.15, 0.2) is 5.16 Å². The smallest absolute Gasteiger partial charge is 0.334 e. The van der Waals surface area contributed by atoms with Crippen LogP contribution in [-0.4, -0.2) is 32.0 Å². The largest absolute Gasteiger partial charge is 0.343 e. The number of benzene rings is 1. The highest BCUT2D eigenvalue weighted by Crippen LogP contribution is 2.20. The zero-order valence-electron chi connectivity index (χ0n) is 14.8. The van der Waals surface area contributed by atoms with Crippen molar-refractivity contribution in [2.24, 2.45) is 0 Å². The fraction of sp³-hybridized carbons (Fsp3) is 0.412. The molecule has 9 heteroatoms. The Morgan fingerprint density at radius 1 is 1.31 bits per heavy atom. The first kappa shape index (κ1) is 19.8. The molecule has 0 saturated carbocycles. The molecule has 0 unspecified atom stereocenters. The molecule has 2 rings (SSSR count). The van der Waals surface area contributed by atoms with Crippen LogP contribution in [0.4, 0.5) is 4.79 Å². The minimum Gasteiger partial charge on any atom is -0.334 e. The van der Waals surface area contributed by atoms with Crippen molar-refractivity contribution in [2.45, 2.75) is 50.2 Å². The number of carbonyl (C=O) groups excluding carboxylic acids is 2. The van der Waals surface area contributed by atoms with E-state index in [1.54, 1.807) is 6.92 Å². The summed E-state index contributed by atoms with van der Waals surface area (Å²) in [5.41, 5.74) is 0.642. The number of hydrogen-bond donors (Lipinski definition) is 3. The van der Waals surface area contributed by atoms with E-state index in [4.69, 9.17) is 0 Å². The molecule has 1 heterocycles. The Kier molecular flexibility index (Phi) is 7.46. The second-order valence-electron chi connectivity index (χ2n) is 5.73. The van der Waals surface area contributed by atoms with Crippen LogP contribution in [0.5, 0.6) is 0 Å². The van der Waals surface area contributed by atoms with Gasteiger partial charge >= 0.3 is 11.7 Å². The van der Waals surface area contributed by atoms with Gasteiger partial charge in [0, 0.05) is 13.1 Å². The van der Waals surface area contributed by atoms with E-state index in [9.17, 15) is 14.4 Å². The third-order valence-electron chi connectivity index (χ3n) is 3.64. The van der Waals surface area contributed by atoms with Gasteiger partial charge < -0.3 is 5.32 Å². The van der Waals surface area contributed by atoms with Gasteiger partial charge in [-0.25, -0.2) is 14.7 Å². The topological polar surface area (TPSA) is 109 Å². The monoisotopic (exact) mass is 377 g/mol. The van der Waals surface area contributed by atoms with Crippen molar-refractivity contribution in [3.05, 3.63) is 46.4 Å². The highest BCUT2D eigenvalue weighted by Gasteiger charge is 2.20. The molecule has 1 atom stereocenters. The summed E-state index contributed by atoms with van der Waals surface area (Å²) < 4.78 is 1.51. The second kappa shape index (κ2) is 9.81. The first-order chi connectivity index (χ1) is 12.5. The molecule has 2 aromatic rings. The van der Waals surface area contributed by atoms with Gasteiger partial charge in [-0.15, -0.1) is 5.10 Å². The number of aromatic nitrogens is 3. The average Bonchev–Trinajstić information content (AvgIpc) is 2.98. The Morgan fingerprint density at radius 3 is 2.73 bits per heavy atom. The quantitative estimate of drug-likeness (QED) is 0.609. The molecule has 0 aliphatic heterocycles. The molecule has 0 radical (unpaired) electrons. The maximum absolute atomic E-state index is 12.2. The number of nitrogens with one attached hydrogen (secondary N) is 3. The minimum absolute atomic E-state index is 0.297. The van der Waals surface area contributed by atoms with Gasteiger partial charge in [-0.1, -0.05) is 55.4 Å². The van der Waals surface area contributed by atoms with Crippen molar-refractivity contribution in [3.63, 3.8) is 0 Å². The number of rotatable bonds is 8. The molecule has 0 aliphatic rings. The Morgan fingerprint density at radius 2 is 2.04 bits per heavy atom. The van der Waals surface area contributed by atoms with Gasteiger partial charge in [0.2, 0.25) is 5.91 Å². The number of imide groups is 1. The zero-order chi connectivity index (χ0) is 18.9. The number of nitrogens with zero attached hydrogens (tertiary/aromatic N) is 2. The summed E-state index contributed by atoms with van der Waals surface area (Å²) in [5.74, 6) is -0.446. The van der Waals surface area contributed by atoms with Crippen molar-refractivity contribution in [1.29, 1.82) is 0 Å². The first-order valence-corrected chi connectivity index (χ1v) is 9.33. The Hall–Kier alpha value is -2.55. The Labute approximate surface area is 155 Å². The number of H-pyrrole nitrogens is 1. The highest BCUT2D eigenvalue weighted by atomic mass is 32.2. The second-order valence-corrected chi connectivity index (χ2v) is 7.04. The number of aromatic amines is 1. The van der Waals surface area contributed by atoms with E-state index >= 15 is 0 Å². The molecule has 3 amide bonds. The Balaban J connectivity index is 1.85. The van der Waals surface area contributed by atoms with Gasteiger partial charge in [-0.3, -0.25) is 14.7 Å². The fourth-order valence-electron chi connectivity index (χ4n) is 2.15. The molecule has 0 aliphatic carbocycles. The molecular formula is C17H23N5O3S. The summed E-state index contributed by atoms with van der Waals surface area (Å²) >= 11 is 1.13. The maximum Gasteiger partial charge on any atom is 0.343 e. The third-order valence-corrected chi connectivity index (χ3v) is 4.73. The van der Waals surface area contributed by atoms with Crippen molar-refractivity contribution in [3.8, 4) is 0 Å². The lowest BCUT2D eigenvalue weighted by Gasteiger charge is -2.12. The lowest BCUT2D eigenvalue weighted by atomic mass is 10.2. The van der Waals surface area contributed by atoms with Gasteiger partial charge in [0.1, 0.15) is 0 Å².